The molecule has 0 radical (unpaired) electrons. The summed E-state index contributed by atoms with van der Waals surface area (Å²) in [6, 6.07) is 34.9. The van der Waals surface area contributed by atoms with Gasteiger partial charge in [-0.25, -0.2) is 4.98 Å². The average molecular weight is 554 g/mol. The van der Waals surface area contributed by atoms with E-state index in [2.05, 4.69) is 23.2 Å². The molecule has 0 aliphatic carbocycles. The van der Waals surface area contributed by atoms with Crippen molar-refractivity contribution in [3.8, 4) is 35.2 Å². The quantitative estimate of drug-likeness (QED) is 0.183. The van der Waals surface area contributed by atoms with Crippen LogP contribution in [0.5, 0.6) is 29.1 Å². The van der Waals surface area contributed by atoms with Gasteiger partial charge in [0.15, 0.2) is 11.2 Å². The Morgan fingerprint density at radius 1 is 0.738 bits per heavy atom. The van der Waals surface area contributed by atoms with Crippen LogP contribution in [0, 0.1) is 25.2 Å². The van der Waals surface area contributed by atoms with E-state index in [-0.39, 0.29) is 11.9 Å². The summed E-state index contributed by atoms with van der Waals surface area (Å²) >= 11 is 0. The highest BCUT2D eigenvalue weighted by Crippen LogP contribution is 2.33. The molecular weight excluding hydrogens is 526 g/mol. The Balaban J connectivity index is 1.37. The number of ether oxygens (including phenoxy) is 3. The maximum Gasteiger partial charge on any atom is 0.327 e. The molecular formula is C34H27N5O3. The first-order valence-electron chi connectivity index (χ1n) is 13.5. The van der Waals surface area contributed by atoms with E-state index in [1.54, 1.807) is 12.1 Å². The van der Waals surface area contributed by atoms with Crippen LogP contribution in [-0.2, 0) is 13.2 Å². The Morgan fingerprint density at radius 2 is 1.48 bits per heavy atom. The molecule has 4 aromatic carbocycles. The van der Waals surface area contributed by atoms with Crippen molar-refractivity contribution in [3.05, 3.63) is 131 Å². The molecule has 2 aromatic heterocycles. The number of nitriles is 1. The van der Waals surface area contributed by atoms with Crippen LogP contribution in [-0.4, -0.2) is 19.5 Å². The summed E-state index contributed by atoms with van der Waals surface area (Å²) in [5.41, 5.74) is 4.57. The zero-order valence-corrected chi connectivity index (χ0v) is 23.2. The Kier molecular flexibility index (Phi) is 7.47. The molecule has 0 spiro atoms. The molecule has 42 heavy (non-hydrogen) atoms. The van der Waals surface area contributed by atoms with Crippen molar-refractivity contribution in [3.63, 3.8) is 0 Å². The molecule has 6 rings (SSSR count). The Morgan fingerprint density at radius 3 is 2.24 bits per heavy atom. The number of rotatable bonds is 9. The van der Waals surface area contributed by atoms with Crippen LogP contribution in [0.25, 0.3) is 11.2 Å². The molecule has 0 saturated carbocycles. The van der Waals surface area contributed by atoms with Crippen LogP contribution < -0.4 is 14.2 Å². The maximum absolute atomic E-state index is 9.39. The van der Waals surface area contributed by atoms with Gasteiger partial charge in [-0.05, 0) is 54.8 Å². The highest BCUT2D eigenvalue weighted by atomic mass is 16.5. The molecule has 8 heteroatoms. The fourth-order valence-electron chi connectivity index (χ4n) is 4.50. The van der Waals surface area contributed by atoms with Crippen molar-refractivity contribution in [2.75, 3.05) is 0 Å². The van der Waals surface area contributed by atoms with E-state index in [0.717, 1.165) is 22.5 Å². The van der Waals surface area contributed by atoms with Crippen LogP contribution in [0.2, 0.25) is 0 Å². The van der Waals surface area contributed by atoms with E-state index in [1.807, 2.05) is 97.3 Å². The number of aryl methyl sites for hydroxylation is 2. The fraction of sp³-hybridized carbons (Fsp3) is 0.118. The summed E-state index contributed by atoms with van der Waals surface area (Å²) in [5.74, 6) is 2.69. The highest BCUT2D eigenvalue weighted by Gasteiger charge is 2.20. The lowest BCUT2D eigenvalue weighted by Crippen LogP contribution is -2.04. The first-order chi connectivity index (χ1) is 20.6. The van der Waals surface area contributed by atoms with E-state index in [0.29, 0.717) is 47.1 Å². The van der Waals surface area contributed by atoms with E-state index in [9.17, 15) is 5.26 Å². The third-order valence-electron chi connectivity index (χ3n) is 6.70. The Labute approximate surface area is 243 Å². The molecule has 6 aromatic rings. The molecule has 0 bridgehead atoms. The molecule has 0 fully saturated rings. The van der Waals surface area contributed by atoms with Gasteiger partial charge < -0.3 is 18.8 Å². The van der Waals surface area contributed by atoms with Gasteiger partial charge >= 0.3 is 6.01 Å². The summed E-state index contributed by atoms with van der Waals surface area (Å²) < 4.78 is 20.5. The number of imidazole rings is 1. The third kappa shape index (κ3) is 5.91. The van der Waals surface area contributed by atoms with E-state index in [1.165, 1.54) is 0 Å². The minimum absolute atomic E-state index is 0.0846. The molecule has 206 valence electrons. The summed E-state index contributed by atoms with van der Waals surface area (Å²) in [7, 11) is 0. The van der Waals surface area contributed by atoms with Crippen molar-refractivity contribution in [1.82, 2.24) is 19.5 Å². The van der Waals surface area contributed by atoms with Crippen LogP contribution in [0.4, 0.5) is 0 Å². The number of nitrogens with zero attached hydrogens (tertiary/aromatic N) is 5. The first kappa shape index (κ1) is 26.5. The van der Waals surface area contributed by atoms with Gasteiger partial charge in [-0.3, -0.25) is 0 Å². The summed E-state index contributed by atoms with van der Waals surface area (Å²) in [4.78, 5) is 14.1. The lowest BCUT2D eigenvalue weighted by Gasteiger charge is -2.12. The van der Waals surface area contributed by atoms with Crippen molar-refractivity contribution in [1.29, 1.82) is 5.26 Å². The monoisotopic (exact) mass is 553 g/mol. The SMILES string of the molecule is Cc1ccc(C#N)cc1Oc1nc(Oc2cccc(OCc3ccccc3)c2)c2nc(C)n(Cc3ccccc3)c2n1. The fourth-order valence-corrected chi connectivity index (χ4v) is 4.50. The number of hydrogen-bond donors (Lipinski definition) is 0. The average Bonchev–Trinajstić information content (AvgIpc) is 3.33. The second-order valence-electron chi connectivity index (χ2n) is 9.76. The topological polar surface area (TPSA) is 95.1 Å². The van der Waals surface area contributed by atoms with E-state index >= 15 is 0 Å². The van der Waals surface area contributed by atoms with Crippen LogP contribution in [0.15, 0.2) is 103 Å². The van der Waals surface area contributed by atoms with E-state index in [4.69, 9.17) is 24.2 Å². The zero-order valence-electron chi connectivity index (χ0n) is 23.2. The summed E-state index contributed by atoms with van der Waals surface area (Å²) in [6.07, 6.45) is 0. The van der Waals surface area contributed by atoms with Crippen LogP contribution >= 0.6 is 0 Å². The number of fused-ring (bicyclic) bond motifs is 1. The molecule has 2 heterocycles. The van der Waals surface area contributed by atoms with Gasteiger partial charge in [-0.15, -0.1) is 0 Å². The molecule has 0 unspecified atom stereocenters. The number of aromatic nitrogens is 4. The Hall–Kier alpha value is -5.68. The molecule has 8 nitrogen and oxygen atoms in total. The van der Waals surface area contributed by atoms with Crippen molar-refractivity contribution >= 4 is 11.2 Å². The summed E-state index contributed by atoms with van der Waals surface area (Å²) in [5, 5.41) is 9.39. The highest BCUT2D eigenvalue weighted by molar-refractivity contribution is 5.78. The zero-order chi connectivity index (χ0) is 28.9. The minimum Gasteiger partial charge on any atom is -0.489 e. The van der Waals surface area contributed by atoms with Crippen molar-refractivity contribution in [2.24, 2.45) is 0 Å². The van der Waals surface area contributed by atoms with Crippen molar-refractivity contribution < 1.29 is 14.2 Å². The molecule has 0 N–H and O–H groups in total. The molecule has 0 saturated heterocycles. The minimum atomic E-state index is 0.0846. The molecule has 0 atom stereocenters. The second kappa shape index (κ2) is 11.8. The van der Waals surface area contributed by atoms with Gasteiger partial charge in [0.1, 0.15) is 29.7 Å². The largest absolute Gasteiger partial charge is 0.489 e. The van der Waals surface area contributed by atoms with Gasteiger partial charge in [0.05, 0.1) is 18.2 Å². The Bertz CT molecular complexity index is 1900. The predicted molar refractivity (Wildman–Crippen MR) is 159 cm³/mol. The smallest absolute Gasteiger partial charge is 0.327 e. The van der Waals surface area contributed by atoms with Gasteiger partial charge in [-0.1, -0.05) is 72.8 Å². The molecule has 0 aliphatic heterocycles. The van der Waals surface area contributed by atoms with Crippen LogP contribution in [0.3, 0.4) is 0 Å². The van der Waals surface area contributed by atoms with Gasteiger partial charge in [0.25, 0.3) is 5.88 Å². The van der Waals surface area contributed by atoms with Crippen molar-refractivity contribution in [2.45, 2.75) is 27.0 Å². The third-order valence-corrected chi connectivity index (χ3v) is 6.70. The maximum atomic E-state index is 9.39. The van der Waals surface area contributed by atoms with Gasteiger partial charge in [-0.2, -0.15) is 15.2 Å². The first-order valence-corrected chi connectivity index (χ1v) is 13.5. The standard InChI is InChI=1S/C34H27N5O3/c1-23-16-17-27(20-35)18-30(23)42-34-37-32-31(36-24(2)39(32)21-25-10-5-3-6-11-25)33(38-34)41-29-15-9-14-28(19-29)40-22-26-12-7-4-8-13-26/h3-19H,21-22H2,1-2H3. The molecule has 0 amide bonds. The van der Waals surface area contributed by atoms with Gasteiger partial charge in [0.2, 0.25) is 0 Å². The molecule has 0 aliphatic rings. The lowest BCUT2D eigenvalue weighted by molar-refractivity contribution is 0.304. The lowest BCUT2D eigenvalue weighted by atomic mass is 10.1. The number of benzene rings is 4. The predicted octanol–water partition coefficient (Wildman–Crippen LogP) is 7.53. The second-order valence-corrected chi connectivity index (χ2v) is 9.76. The van der Waals surface area contributed by atoms with Crippen LogP contribution in [0.1, 0.15) is 28.1 Å². The summed E-state index contributed by atoms with van der Waals surface area (Å²) in [6.45, 7) is 4.82. The normalized spacial score (nSPS) is 10.8. The van der Waals surface area contributed by atoms with E-state index < -0.39 is 0 Å². The van der Waals surface area contributed by atoms with Gasteiger partial charge in [0, 0.05) is 6.07 Å². The number of hydrogen-bond acceptors (Lipinski definition) is 7.